The standard InChI is InChI=1S/C12H15N3O3/c13-8-1-2-10-7(3-8)4-11(15-10)12(18)14-5-9(17)6-16/h1-4,9,15-17H,5-6,13H2,(H,14,18). The molecule has 0 aliphatic carbocycles. The number of aromatic amines is 1. The van der Waals surface area contributed by atoms with E-state index in [1.807, 2.05) is 0 Å². The Bertz CT molecular complexity index is 565. The van der Waals surface area contributed by atoms with Gasteiger partial charge in [-0.3, -0.25) is 4.79 Å². The number of hydrogen-bond acceptors (Lipinski definition) is 4. The summed E-state index contributed by atoms with van der Waals surface area (Å²) < 4.78 is 0. The maximum absolute atomic E-state index is 11.8. The van der Waals surface area contributed by atoms with Crippen molar-refractivity contribution in [2.75, 3.05) is 18.9 Å². The van der Waals surface area contributed by atoms with Crippen molar-refractivity contribution in [3.63, 3.8) is 0 Å². The zero-order chi connectivity index (χ0) is 13.1. The summed E-state index contributed by atoms with van der Waals surface area (Å²) in [4.78, 5) is 14.7. The SMILES string of the molecule is Nc1ccc2[nH]c(C(=O)NCC(O)CO)cc2c1. The molecule has 6 nitrogen and oxygen atoms in total. The smallest absolute Gasteiger partial charge is 0.267 e. The molecule has 6 N–H and O–H groups in total. The molecule has 0 fully saturated rings. The summed E-state index contributed by atoms with van der Waals surface area (Å²) in [6.07, 6.45) is -0.950. The van der Waals surface area contributed by atoms with Gasteiger partial charge in [-0.15, -0.1) is 0 Å². The van der Waals surface area contributed by atoms with Gasteiger partial charge in [-0.25, -0.2) is 0 Å². The zero-order valence-corrected chi connectivity index (χ0v) is 9.68. The van der Waals surface area contributed by atoms with E-state index in [-0.39, 0.29) is 19.1 Å². The molecule has 1 heterocycles. The van der Waals surface area contributed by atoms with E-state index in [0.29, 0.717) is 11.4 Å². The molecule has 2 aromatic rings. The Balaban J connectivity index is 2.13. The first-order valence-corrected chi connectivity index (χ1v) is 5.55. The van der Waals surface area contributed by atoms with Gasteiger partial charge in [0, 0.05) is 23.1 Å². The number of nitrogen functional groups attached to an aromatic ring is 1. The van der Waals surface area contributed by atoms with E-state index >= 15 is 0 Å². The summed E-state index contributed by atoms with van der Waals surface area (Å²) in [5.74, 6) is -0.336. The average Bonchev–Trinajstić information content (AvgIpc) is 2.78. The molecule has 1 aromatic carbocycles. The third-order valence-corrected chi connectivity index (χ3v) is 2.60. The second kappa shape index (κ2) is 5.07. The second-order valence-electron chi connectivity index (χ2n) is 4.08. The minimum atomic E-state index is -0.950. The van der Waals surface area contributed by atoms with E-state index in [1.54, 1.807) is 24.3 Å². The van der Waals surface area contributed by atoms with Gasteiger partial charge < -0.3 is 26.2 Å². The van der Waals surface area contributed by atoms with E-state index in [4.69, 9.17) is 15.9 Å². The number of benzene rings is 1. The molecular weight excluding hydrogens is 234 g/mol. The van der Waals surface area contributed by atoms with Crippen LogP contribution in [0.5, 0.6) is 0 Å². The van der Waals surface area contributed by atoms with Crippen LogP contribution in [0.1, 0.15) is 10.5 Å². The Kier molecular flexibility index (Phi) is 3.50. The summed E-state index contributed by atoms with van der Waals surface area (Å²) in [5.41, 5.74) is 7.49. The Morgan fingerprint density at radius 3 is 2.94 bits per heavy atom. The first-order chi connectivity index (χ1) is 8.60. The number of aliphatic hydroxyl groups excluding tert-OH is 2. The molecule has 0 radical (unpaired) electrons. The normalized spacial score (nSPS) is 12.6. The fourth-order valence-electron chi connectivity index (χ4n) is 1.64. The van der Waals surface area contributed by atoms with Crippen molar-refractivity contribution in [3.8, 4) is 0 Å². The number of fused-ring (bicyclic) bond motifs is 1. The number of aliphatic hydroxyl groups is 2. The molecule has 1 atom stereocenters. The van der Waals surface area contributed by atoms with Crippen LogP contribution in [0, 0.1) is 0 Å². The Morgan fingerprint density at radius 1 is 1.44 bits per heavy atom. The van der Waals surface area contributed by atoms with Crippen LogP contribution in [0.2, 0.25) is 0 Å². The van der Waals surface area contributed by atoms with Crippen LogP contribution in [0.3, 0.4) is 0 Å². The van der Waals surface area contributed by atoms with Gasteiger partial charge in [0.2, 0.25) is 0 Å². The van der Waals surface area contributed by atoms with Gasteiger partial charge in [-0.05, 0) is 24.3 Å². The molecule has 18 heavy (non-hydrogen) atoms. The molecule has 0 aliphatic rings. The van der Waals surface area contributed by atoms with E-state index in [0.717, 1.165) is 10.9 Å². The highest BCUT2D eigenvalue weighted by atomic mass is 16.3. The molecule has 96 valence electrons. The lowest BCUT2D eigenvalue weighted by atomic mass is 10.2. The summed E-state index contributed by atoms with van der Waals surface area (Å²) in [6.45, 7) is -0.379. The number of aromatic nitrogens is 1. The van der Waals surface area contributed by atoms with Crippen LogP contribution in [0.25, 0.3) is 10.9 Å². The van der Waals surface area contributed by atoms with E-state index in [2.05, 4.69) is 10.3 Å². The highest BCUT2D eigenvalue weighted by Gasteiger charge is 2.11. The van der Waals surface area contributed by atoms with Gasteiger partial charge in [0.1, 0.15) is 5.69 Å². The summed E-state index contributed by atoms with van der Waals surface area (Å²) in [5, 5.41) is 21.1. The minimum absolute atomic E-state index is 0.00678. The number of nitrogens with two attached hydrogens (primary N) is 1. The molecule has 0 bridgehead atoms. The molecular formula is C12H15N3O3. The predicted octanol–water partition coefficient (Wildman–Crippen LogP) is -0.167. The number of amides is 1. The number of H-pyrrole nitrogens is 1. The monoisotopic (exact) mass is 249 g/mol. The molecule has 1 aromatic heterocycles. The lowest BCUT2D eigenvalue weighted by Crippen LogP contribution is -2.34. The van der Waals surface area contributed by atoms with E-state index < -0.39 is 6.10 Å². The van der Waals surface area contributed by atoms with Gasteiger partial charge in [0.25, 0.3) is 5.91 Å². The Hall–Kier alpha value is -2.05. The molecule has 1 unspecified atom stereocenters. The van der Waals surface area contributed by atoms with Crippen molar-refractivity contribution in [3.05, 3.63) is 30.0 Å². The van der Waals surface area contributed by atoms with Crippen LogP contribution < -0.4 is 11.1 Å². The van der Waals surface area contributed by atoms with Crippen molar-refractivity contribution in [2.45, 2.75) is 6.10 Å². The summed E-state index contributed by atoms with van der Waals surface area (Å²) in [7, 11) is 0. The predicted molar refractivity (Wildman–Crippen MR) is 68.1 cm³/mol. The number of anilines is 1. The van der Waals surface area contributed by atoms with Crippen LogP contribution in [-0.4, -0.2) is 40.4 Å². The van der Waals surface area contributed by atoms with Crippen molar-refractivity contribution in [2.24, 2.45) is 0 Å². The van der Waals surface area contributed by atoms with E-state index in [1.165, 1.54) is 0 Å². The minimum Gasteiger partial charge on any atom is -0.399 e. The first kappa shape index (κ1) is 12.4. The number of hydrogen-bond donors (Lipinski definition) is 5. The lowest BCUT2D eigenvalue weighted by Gasteiger charge is -2.07. The van der Waals surface area contributed by atoms with Crippen molar-refractivity contribution in [1.82, 2.24) is 10.3 Å². The maximum Gasteiger partial charge on any atom is 0.267 e. The largest absolute Gasteiger partial charge is 0.399 e. The first-order valence-electron chi connectivity index (χ1n) is 5.55. The fraction of sp³-hybridized carbons (Fsp3) is 0.250. The van der Waals surface area contributed by atoms with Crippen molar-refractivity contribution in [1.29, 1.82) is 0 Å². The molecule has 0 spiro atoms. The van der Waals surface area contributed by atoms with Gasteiger partial charge in [-0.1, -0.05) is 0 Å². The quantitative estimate of drug-likeness (QED) is 0.484. The number of nitrogens with one attached hydrogen (secondary N) is 2. The molecule has 2 rings (SSSR count). The van der Waals surface area contributed by atoms with Crippen LogP contribution in [0.15, 0.2) is 24.3 Å². The fourth-order valence-corrected chi connectivity index (χ4v) is 1.64. The van der Waals surface area contributed by atoms with Crippen molar-refractivity contribution < 1.29 is 15.0 Å². The Morgan fingerprint density at radius 2 is 2.22 bits per heavy atom. The highest BCUT2D eigenvalue weighted by Crippen LogP contribution is 2.18. The zero-order valence-electron chi connectivity index (χ0n) is 9.68. The number of carbonyl (C=O) groups is 1. The summed E-state index contributed by atoms with van der Waals surface area (Å²) in [6, 6.07) is 7.00. The summed E-state index contributed by atoms with van der Waals surface area (Å²) >= 11 is 0. The highest BCUT2D eigenvalue weighted by molar-refractivity contribution is 5.98. The lowest BCUT2D eigenvalue weighted by molar-refractivity contribution is 0.0799. The van der Waals surface area contributed by atoms with Crippen LogP contribution >= 0.6 is 0 Å². The van der Waals surface area contributed by atoms with E-state index in [9.17, 15) is 4.79 Å². The number of rotatable bonds is 4. The molecule has 0 saturated heterocycles. The topological polar surface area (TPSA) is 111 Å². The van der Waals surface area contributed by atoms with Crippen LogP contribution in [0.4, 0.5) is 5.69 Å². The van der Waals surface area contributed by atoms with Crippen LogP contribution in [-0.2, 0) is 0 Å². The second-order valence-corrected chi connectivity index (χ2v) is 4.08. The number of carbonyl (C=O) groups excluding carboxylic acids is 1. The molecule has 6 heteroatoms. The molecule has 1 amide bonds. The molecule has 0 saturated carbocycles. The maximum atomic E-state index is 11.8. The van der Waals surface area contributed by atoms with Gasteiger partial charge in [0.05, 0.1) is 12.7 Å². The third kappa shape index (κ3) is 2.61. The molecule has 0 aliphatic heterocycles. The Labute approximate surface area is 103 Å². The average molecular weight is 249 g/mol. The van der Waals surface area contributed by atoms with Gasteiger partial charge in [-0.2, -0.15) is 0 Å². The van der Waals surface area contributed by atoms with Crippen molar-refractivity contribution >= 4 is 22.5 Å². The van der Waals surface area contributed by atoms with Gasteiger partial charge >= 0.3 is 0 Å². The van der Waals surface area contributed by atoms with Gasteiger partial charge in [0.15, 0.2) is 0 Å². The third-order valence-electron chi connectivity index (χ3n) is 2.60.